The predicted octanol–water partition coefficient (Wildman–Crippen LogP) is 4.40. The largest absolute Gasteiger partial charge is 0.478 e. The number of aliphatic imine (C=N–C) groups is 1. The Morgan fingerprint density at radius 2 is 1.43 bits per heavy atom. The summed E-state index contributed by atoms with van der Waals surface area (Å²) in [5.74, 6) is -1.29. The minimum atomic E-state index is -1.00. The molecule has 1 aliphatic heterocycles. The summed E-state index contributed by atoms with van der Waals surface area (Å²) in [6.45, 7) is 0. The molecule has 3 aromatic rings. The number of cyclic esters (lactones) is 1. The lowest BCUT2D eigenvalue weighted by Gasteiger charge is -2.03. The van der Waals surface area contributed by atoms with Crippen molar-refractivity contribution in [3.8, 4) is 11.1 Å². The van der Waals surface area contributed by atoms with Crippen molar-refractivity contribution in [1.82, 2.24) is 0 Å². The molecule has 3 aromatic carbocycles. The molecule has 1 N–H and O–H groups in total. The van der Waals surface area contributed by atoms with Gasteiger partial charge in [0.1, 0.15) is 0 Å². The summed E-state index contributed by atoms with van der Waals surface area (Å²) in [6, 6.07) is 23.8. The lowest BCUT2D eigenvalue weighted by atomic mass is 10.0. The maximum Gasteiger partial charge on any atom is 0.363 e. The summed E-state index contributed by atoms with van der Waals surface area (Å²) < 4.78 is 5.29. The van der Waals surface area contributed by atoms with Crippen molar-refractivity contribution in [3.63, 3.8) is 0 Å². The molecule has 5 heteroatoms. The van der Waals surface area contributed by atoms with Crippen molar-refractivity contribution in [2.24, 2.45) is 4.99 Å². The monoisotopic (exact) mass is 369 g/mol. The standard InChI is InChI=1S/C23H15NO4/c25-22(26)19-8-6-15(7-9-19)14-20-23(27)28-21(24-20)18-12-10-17(11-13-18)16-4-2-1-3-5-16/h1-14H,(H,25,26)/b20-14+. The number of carboxylic acids is 1. The molecule has 136 valence electrons. The molecule has 0 aliphatic carbocycles. The second-order valence-electron chi connectivity index (χ2n) is 6.21. The van der Waals surface area contributed by atoms with Crippen molar-refractivity contribution in [2.75, 3.05) is 0 Å². The molecule has 0 bridgehead atoms. The highest BCUT2D eigenvalue weighted by molar-refractivity contribution is 6.13. The predicted molar refractivity (Wildman–Crippen MR) is 106 cm³/mol. The van der Waals surface area contributed by atoms with Crippen molar-refractivity contribution in [1.29, 1.82) is 0 Å². The third-order valence-corrected chi connectivity index (χ3v) is 4.32. The van der Waals surface area contributed by atoms with Crippen LogP contribution in [-0.2, 0) is 9.53 Å². The van der Waals surface area contributed by atoms with Crippen LogP contribution in [0.25, 0.3) is 17.2 Å². The van der Waals surface area contributed by atoms with Gasteiger partial charge in [0, 0.05) is 5.56 Å². The number of ether oxygens (including phenoxy) is 1. The highest BCUT2D eigenvalue weighted by atomic mass is 16.6. The molecule has 1 heterocycles. The van der Waals surface area contributed by atoms with E-state index in [1.807, 2.05) is 54.6 Å². The van der Waals surface area contributed by atoms with Crippen LogP contribution in [-0.4, -0.2) is 22.9 Å². The Morgan fingerprint density at radius 1 is 0.821 bits per heavy atom. The van der Waals surface area contributed by atoms with Crippen molar-refractivity contribution >= 4 is 23.9 Å². The van der Waals surface area contributed by atoms with E-state index in [4.69, 9.17) is 9.84 Å². The van der Waals surface area contributed by atoms with Gasteiger partial charge in [0.25, 0.3) is 0 Å². The summed E-state index contributed by atoms with van der Waals surface area (Å²) >= 11 is 0. The first-order chi connectivity index (χ1) is 13.6. The second-order valence-corrected chi connectivity index (χ2v) is 6.21. The fourth-order valence-electron chi connectivity index (χ4n) is 2.85. The number of carbonyl (C=O) groups excluding carboxylic acids is 1. The maximum absolute atomic E-state index is 12.1. The quantitative estimate of drug-likeness (QED) is 0.546. The molecule has 28 heavy (non-hydrogen) atoms. The van der Waals surface area contributed by atoms with Crippen LogP contribution in [0, 0.1) is 0 Å². The first-order valence-corrected chi connectivity index (χ1v) is 8.62. The number of hydrogen-bond acceptors (Lipinski definition) is 4. The lowest BCUT2D eigenvalue weighted by Crippen LogP contribution is -2.05. The van der Waals surface area contributed by atoms with Crippen molar-refractivity contribution in [2.45, 2.75) is 0 Å². The summed E-state index contributed by atoms with van der Waals surface area (Å²) in [6.07, 6.45) is 1.57. The van der Waals surface area contributed by atoms with Crippen molar-refractivity contribution in [3.05, 3.63) is 101 Å². The fourth-order valence-corrected chi connectivity index (χ4v) is 2.85. The molecule has 0 radical (unpaired) electrons. The van der Waals surface area contributed by atoms with Crippen LogP contribution in [0.1, 0.15) is 21.5 Å². The molecule has 0 spiro atoms. The average molecular weight is 369 g/mol. The molecular formula is C23H15NO4. The van der Waals surface area contributed by atoms with E-state index < -0.39 is 11.9 Å². The number of carboxylic acid groups (broad SMARTS) is 1. The molecule has 0 saturated heterocycles. The lowest BCUT2D eigenvalue weighted by molar-refractivity contribution is -0.129. The van der Waals surface area contributed by atoms with Crippen LogP contribution in [0.5, 0.6) is 0 Å². The minimum absolute atomic E-state index is 0.171. The van der Waals surface area contributed by atoms with E-state index in [2.05, 4.69) is 4.99 Å². The number of hydrogen-bond donors (Lipinski definition) is 1. The van der Waals surface area contributed by atoms with Gasteiger partial charge in [-0.15, -0.1) is 0 Å². The molecule has 1 aliphatic rings. The van der Waals surface area contributed by atoms with Gasteiger partial charge in [0.05, 0.1) is 5.56 Å². The van der Waals surface area contributed by atoms with Crippen LogP contribution in [0.4, 0.5) is 0 Å². The summed E-state index contributed by atoms with van der Waals surface area (Å²) in [7, 11) is 0. The highest BCUT2D eigenvalue weighted by Gasteiger charge is 2.24. The van der Waals surface area contributed by atoms with Crippen LogP contribution in [0.15, 0.2) is 89.6 Å². The van der Waals surface area contributed by atoms with Gasteiger partial charge in [-0.25, -0.2) is 14.6 Å². The number of rotatable bonds is 4. The minimum Gasteiger partial charge on any atom is -0.478 e. The molecule has 0 unspecified atom stereocenters. The second kappa shape index (κ2) is 7.32. The summed E-state index contributed by atoms with van der Waals surface area (Å²) in [5, 5.41) is 8.94. The molecule has 5 nitrogen and oxygen atoms in total. The van der Waals surface area contributed by atoms with Crippen LogP contribution in [0.2, 0.25) is 0 Å². The molecule has 0 amide bonds. The van der Waals surface area contributed by atoms with Gasteiger partial charge >= 0.3 is 11.9 Å². The molecule has 0 saturated carbocycles. The highest BCUT2D eigenvalue weighted by Crippen LogP contribution is 2.23. The van der Waals surface area contributed by atoms with Gasteiger partial charge in [-0.2, -0.15) is 0 Å². The Labute approximate surface area is 161 Å². The van der Waals surface area contributed by atoms with E-state index in [1.54, 1.807) is 18.2 Å². The van der Waals surface area contributed by atoms with Crippen molar-refractivity contribution < 1.29 is 19.4 Å². The smallest absolute Gasteiger partial charge is 0.363 e. The molecule has 0 aromatic heterocycles. The Hall–Kier alpha value is -3.99. The fraction of sp³-hybridized carbons (Fsp3) is 0. The van der Waals surface area contributed by atoms with Gasteiger partial charge in [-0.3, -0.25) is 0 Å². The van der Waals surface area contributed by atoms with E-state index in [0.29, 0.717) is 11.1 Å². The Kier molecular flexibility index (Phi) is 4.56. The molecule has 0 fully saturated rings. The van der Waals surface area contributed by atoms with Gasteiger partial charge in [-0.1, -0.05) is 54.6 Å². The number of nitrogens with zero attached hydrogens (tertiary/aromatic N) is 1. The third kappa shape index (κ3) is 3.59. The van der Waals surface area contributed by atoms with Gasteiger partial charge in [0.15, 0.2) is 5.70 Å². The first-order valence-electron chi connectivity index (χ1n) is 8.62. The van der Waals surface area contributed by atoms with Crippen LogP contribution < -0.4 is 0 Å². The number of carbonyl (C=O) groups is 2. The molecule has 4 rings (SSSR count). The topological polar surface area (TPSA) is 76.0 Å². The zero-order valence-electron chi connectivity index (χ0n) is 14.7. The summed E-state index contributed by atoms with van der Waals surface area (Å²) in [5.41, 5.74) is 3.89. The SMILES string of the molecule is O=C1OC(c2ccc(-c3ccccc3)cc2)=N/C1=C/c1ccc(C(=O)O)cc1. The Morgan fingerprint density at radius 3 is 2.07 bits per heavy atom. The third-order valence-electron chi connectivity index (χ3n) is 4.32. The zero-order valence-corrected chi connectivity index (χ0v) is 14.7. The van der Waals surface area contributed by atoms with E-state index in [9.17, 15) is 9.59 Å². The van der Waals surface area contributed by atoms with Gasteiger partial charge in [0.2, 0.25) is 5.90 Å². The van der Waals surface area contributed by atoms with Crippen LogP contribution >= 0.6 is 0 Å². The first kappa shape index (κ1) is 17.4. The van der Waals surface area contributed by atoms with Gasteiger partial charge in [-0.05, 0) is 47.0 Å². The Balaban J connectivity index is 1.57. The zero-order chi connectivity index (χ0) is 19.5. The van der Waals surface area contributed by atoms with E-state index >= 15 is 0 Å². The number of benzene rings is 3. The average Bonchev–Trinajstić information content (AvgIpc) is 3.09. The Bertz CT molecular complexity index is 1100. The van der Waals surface area contributed by atoms with Crippen LogP contribution in [0.3, 0.4) is 0 Å². The summed E-state index contributed by atoms with van der Waals surface area (Å²) in [4.78, 5) is 27.3. The molecule has 0 atom stereocenters. The molecular weight excluding hydrogens is 354 g/mol. The maximum atomic E-state index is 12.1. The number of aromatic carboxylic acids is 1. The van der Waals surface area contributed by atoms with E-state index in [0.717, 1.165) is 11.1 Å². The van der Waals surface area contributed by atoms with Gasteiger partial charge < -0.3 is 9.84 Å². The number of esters is 1. The normalized spacial score (nSPS) is 14.6. The van der Waals surface area contributed by atoms with E-state index in [-0.39, 0.29) is 17.2 Å². The van der Waals surface area contributed by atoms with E-state index in [1.165, 1.54) is 12.1 Å².